The smallest absolute Gasteiger partial charge is 0.126 e. The summed E-state index contributed by atoms with van der Waals surface area (Å²) < 4.78 is 14.6. The van der Waals surface area contributed by atoms with Crippen molar-refractivity contribution in [3.05, 3.63) is 64.4 Å². The molecular weight excluding hydrogens is 329 g/mol. The SMILES string of the molecule is CC1=CC(C)(C)N(c2cc(F)cc(Br)c2)c2ccccc21. The fourth-order valence-corrected chi connectivity index (χ4v) is 3.58. The average Bonchev–Trinajstić information content (AvgIpc) is 2.36. The molecule has 0 atom stereocenters. The molecule has 2 aromatic carbocycles. The van der Waals surface area contributed by atoms with Gasteiger partial charge in [-0.3, -0.25) is 0 Å². The Morgan fingerprint density at radius 2 is 1.81 bits per heavy atom. The van der Waals surface area contributed by atoms with Gasteiger partial charge in [0.15, 0.2) is 0 Å². The number of hydrogen-bond donors (Lipinski definition) is 0. The highest BCUT2D eigenvalue weighted by molar-refractivity contribution is 9.10. The lowest BCUT2D eigenvalue weighted by atomic mass is 9.88. The number of benzene rings is 2. The van der Waals surface area contributed by atoms with Crippen molar-refractivity contribution in [3.8, 4) is 0 Å². The minimum atomic E-state index is -0.237. The van der Waals surface area contributed by atoms with Gasteiger partial charge in [0.25, 0.3) is 0 Å². The zero-order valence-corrected chi connectivity index (χ0v) is 13.9. The van der Waals surface area contributed by atoms with Gasteiger partial charge < -0.3 is 4.90 Å². The summed E-state index contributed by atoms with van der Waals surface area (Å²) in [5.41, 5.74) is 4.19. The lowest BCUT2D eigenvalue weighted by Crippen LogP contribution is -2.41. The Kier molecular flexibility index (Phi) is 3.40. The molecule has 1 aliphatic rings. The highest BCUT2D eigenvalue weighted by atomic mass is 79.9. The Bertz CT molecular complexity index is 713. The minimum Gasteiger partial charge on any atom is -0.332 e. The molecule has 1 aliphatic heterocycles. The number of allylic oxidation sites excluding steroid dienone is 1. The van der Waals surface area contributed by atoms with Crippen LogP contribution in [0, 0.1) is 5.82 Å². The highest BCUT2D eigenvalue weighted by Gasteiger charge is 2.32. The fourth-order valence-electron chi connectivity index (χ4n) is 3.12. The van der Waals surface area contributed by atoms with Gasteiger partial charge >= 0.3 is 0 Å². The number of fused-ring (bicyclic) bond motifs is 1. The Morgan fingerprint density at radius 1 is 1.10 bits per heavy atom. The van der Waals surface area contributed by atoms with Crippen LogP contribution in [0.4, 0.5) is 15.8 Å². The molecule has 3 heteroatoms. The summed E-state index contributed by atoms with van der Waals surface area (Å²) in [4.78, 5) is 2.18. The minimum absolute atomic E-state index is 0.217. The zero-order valence-electron chi connectivity index (χ0n) is 12.3. The topological polar surface area (TPSA) is 3.24 Å². The summed E-state index contributed by atoms with van der Waals surface area (Å²) in [7, 11) is 0. The molecule has 0 unspecified atom stereocenters. The number of hydrogen-bond acceptors (Lipinski definition) is 1. The molecule has 0 N–H and O–H groups in total. The van der Waals surface area contributed by atoms with Crippen molar-refractivity contribution in [1.29, 1.82) is 0 Å². The van der Waals surface area contributed by atoms with Crippen molar-refractivity contribution in [1.82, 2.24) is 0 Å². The first-order valence-electron chi connectivity index (χ1n) is 6.94. The second kappa shape index (κ2) is 4.99. The third-order valence-electron chi connectivity index (χ3n) is 3.82. The van der Waals surface area contributed by atoms with E-state index in [4.69, 9.17) is 0 Å². The first-order valence-corrected chi connectivity index (χ1v) is 7.73. The van der Waals surface area contributed by atoms with Crippen LogP contribution < -0.4 is 4.90 Å². The third-order valence-corrected chi connectivity index (χ3v) is 4.28. The van der Waals surface area contributed by atoms with Crippen molar-refractivity contribution < 1.29 is 4.39 Å². The molecule has 0 fully saturated rings. The molecule has 0 aromatic heterocycles. The zero-order chi connectivity index (χ0) is 15.2. The third kappa shape index (κ3) is 2.51. The van der Waals surface area contributed by atoms with E-state index in [0.717, 1.165) is 15.8 Å². The highest BCUT2D eigenvalue weighted by Crippen LogP contribution is 2.44. The maximum absolute atomic E-state index is 13.8. The van der Waals surface area contributed by atoms with Crippen LogP contribution in [0.15, 0.2) is 53.0 Å². The predicted octanol–water partition coefficient (Wildman–Crippen LogP) is 5.92. The van der Waals surface area contributed by atoms with E-state index in [1.54, 1.807) is 6.07 Å². The molecule has 108 valence electrons. The van der Waals surface area contributed by atoms with Crippen LogP contribution in [0.2, 0.25) is 0 Å². The fraction of sp³-hybridized carbons (Fsp3) is 0.222. The number of rotatable bonds is 1. The van der Waals surface area contributed by atoms with Crippen LogP contribution in [0.5, 0.6) is 0 Å². The lowest BCUT2D eigenvalue weighted by molar-refractivity contribution is 0.608. The lowest BCUT2D eigenvalue weighted by Gasteiger charge is -2.43. The van der Waals surface area contributed by atoms with E-state index in [1.165, 1.54) is 17.2 Å². The van der Waals surface area contributed by atoms with E-state index < -0.39 is 0 Å². The van der Waals surface area contributed by atoms with E-state index in [1.807, 2.05) is 18.2 Å². The van der Waals surface area contributed by atoms with Gasteiger partial charge in [0.2, 0.25) is 0 Å². The van der Waals surface area contributed by atoms with E-state index >= 15 is 0 Å². The molecule has 0 saturated heterocycles. The van der Waals surface area contributed by atoms with Crippen LogP contribution in [-0.2, 0) is 0 Å². The molecule has 0 spiro atoms. The molecule has 3 rings (SSSR count). The normalized spacial score (nSPS) is 16.4. The summed E-state index contributed by atoms with van der Waals surface area (Å²) >= 11 is 3.39. The standard InChI is InChI=1S/C18H17BrFN/c1-12-11-18(2,3)21(17-7-5-4-6-16(12)17)15-9-13(19)8-14(20)10-15/h4-11H,1-3H3. The van der Waals surface area contributed by atoms with Crippen LogP contribution in [0.3, 0.4) is 0 Å². The van der Waals surface area contributed by atoms with Gasteiger partial charge in [0.05, 0.1) is 5.54 Å². The Hall–Kier alpha value is -1.61. The average molecular weight is 346 g/mol. The van der Waals surface area contributed by atoms with Gasteiger partial charge in [-0.25, -0.2) is 4.39 Å². The molecule has 0 saturated carbocycles. The van der Waals surface area contributed by atoms with Gasteiger partial charge in [-0.2, -0.15) is 0 Å². The Balaban J connectivity index is 2.25. The summed E-state index contributed by atoms with van der Waals surface area (Å²) in [6.07, 6.45) is 2.23. The van der Waals surface area contributed by atoms with Gasteiger partial charge in [-0.05, 0) is 50.6 Å². The summed E-state index contributed by atoms with van der Waals surface area (Å²) in [5.74, 6) is -0.237. The molecule has 0 aliphatic carbocycles. The van der Waals surface area contributed by atoms with E-state index in [-0.39, 0.29) is 11.4 Å². The second-order valence-corrected chi connectivity index (χ2v) is 6.88. The molecule has 1 nitrogen and oxygen atoms in total. The first-order chi connectivity index (χ1) is 9.88. The molecule has 21 heavy (non-hydrogen) atoms. The second-order valence-electron chi connectivity index (χ2n) is 5.96. The number of nitrogens with zero attached hydrogens (tertiary/aromatic N) is 1. The number of para-hydroxylation sites is 1. The van der Waals surface area contributed by atoms with Crippen molar-refractivity contribution in [3.63, 3.8) is 0 Å². The van der Waals surface area contributed by atoms with Gasteiger partial charge in [-0.15, -0.1) is 0 Å². The maximum atomic E-state index is 13.8. The Morgan fingerprint density at radius 3 is 2.52 bits per heavy atom. The monoisotopic (exact) mass is 345 g/mol. The predicted molar refractivity (Wildman–Crippen MR) is 90.4 cm³/mol. The van der Waals surface area contributed by atoms with Crippen molar-refractivity contribution in [2.24, 2.45) is 0 Å². The molecule has 2 aromatic rings. The summed E-state index contributed by atoms with van der Waals surface area (Å²) in [6, 6.07) is 13.3. The van der Waals surface area contributed by atoms with Crippen molar-refractivity contribution >= 4 is 32.9 Å². The molecule has 0 amide bonds. The van der Waals surface area contributed by atoms with E-state index in [0.29, 0.717) is 0 Å². The van der Waals surface area contributed by atoms with Gasteiger partial charge in [-0.1, -0.05) is 40.2 Å². The van der Waals surface area contributed by atoms with Crippen LogP contribution in [0.1, 0.15) is 26.3 Å². The number of anilines is 2. The van der Waals surface area contributed by atoms with Crippen molar-refractivity contribution in [2.45, 2.75) is 26.3 Å². The quantitative estimate of drug-likeness (QED) is 0.619. The number of halogens is 2. The van der Waals surface area contributed by atoms with Gasteiger partial charge in [0.1, 0.15) is 5.82 Å². The first kappa shape index (κ1) is 14.3. The van der Waals surface area contributed by atoms with Crippen LogP contribution >= 0.6 is 15.9 Å². The summed E-state index contributed by atoms with van der Waals surface area (Å²) in [5, 5.41) is 0. The van der Waals surface area contributed by atoms with E-state index in [9.17, 15) is 4.39 Å². The molecule has 0 radical (unpaired) electrons. The summed E-state index contributed by atoms with van der Waals surface area (Å²) in [6.45, 7) is 6.41. The van der Waals surface area contributed by atoms with Gasteiger partial charge in [0, 0.05) is 21.4 Å². The van der Waals surface area contributed by atoms with Crippen molar-refractivity contribution in [2.75, 3.05) is 4.90 Å². The van der Waals surface area contributed by atoms with E-state index in [2.05, 4.69) is 59.8 Å². The largest absolute Gasteiger partial charge is 0.332 e. The molecular formula is C18H17BrFN. The van der Waals surface area contributed by atoms with Crippen LogP contribution in [0.25, 0.3) is 5.57 Å². The van der Waals surface area contributed by atoms with Crippen LogP contribution in [-0.4, -0.2) is 5.54 Å². The molecule has 0 bridgehead atoms. The maximum Gasteiger partial charge on any atom is 0.126 e. The Labute approximate surface area is 133 Å². The molecule has 1 heterocycles.